The van der Waals surface area contributed by atoms with Crippen molar-refractivity contribution in [2.24, 2.45) is 0 Å². The molecule has 7 aromatic rings. The Morgan fingerprint density at radius 3 is 2.03 bits per heavy atom. The summed E-state index contributed by atoms with van der Waals surface area (Å²) in [7, 11) is 0. The van der Waals surface area contributed by atoms with Crippen LogP contribution in [-0.4, -0.2) is 0 Å². The Bertz CT molecular complexity index is 1920. The molecule has 0 aliphatic rings. The van der Waals surface area contributed by atoms with Gasteiger partial charge in [0.15, 0.2) is 0 Å². The van der Waals surface area contributed by atoms with E-state index in [2.05, 4.69) is 129 Å². The lowest BCUT2D eigenvalue weighted by molar-refractivity contribution is 0.735. The van der Waals surface area contributed by atoms with E-state index in [-0.39, 0.29) is 0 Å². The van der Waals surface area contributed by atoms with E-state index in [0.717, 1.165) is 6.42 Å². The van der Waals surface area contributed by atoms with Crippen molar-refractivity contribution in [1.29, 1.82) is 0 Å². The standard InChI is InChI=1S/C36H28S/c1-3-23(2)26-19-20-27-22-33(29-9-4-5-10-30(29)34(27)21-26)25-17-15-24(16-18-25)28-12-8-13-32-31-11-6-7-14-35(31)37-36(28)32/h4-23H,3H2,1-2H3. The van der Waals surface area contributed by atoms with Crippen LogP contribution in [0, 0.1) is 0 Å². The van der Waals surface area contributed by atoms with Gasteiger partial charge in [0.2, 0.25) is 0 Å². The summed E-state index contributed by atoms with van der Waals surface area (Å²) in [5.74, 6) is 0.570. The highest BCUT2D eigenvalue weighted by molar-refractivity contribution is 7.26. The van der Waals surface area contributed by atoms with Crippen molar-refractivity contribution >= 4 is 53.1 Å². The second kappa shape index (κ2) is 8.87. The van der Waals surface area contributed by atoms with Crippen LogP contribution in [0.25, 0.3) is 64.0 Å². The van der Waals surface area contributed by atoms with Crippen molar-refractivity contribution in [2.75, 3.05) is 0 Å². The fourth-order valence-corrected chi connectivity index (χ4v) is 6.94. The highest BCUT2D eigenvalue weighted by Gasteiger charge is 2.13. The number of fused-ring (bicyclic) bond motifs is 6. The molecule has 0 saturated heterocycles. The predicted octanol–water partition coefficient (Wildman–Crippen LogP) is 11.2. The third kappa shape index (κ3) is 3.65. The Balaban J connectivity index is 1.36. The van der Waals surface area contributed by atoms with E-state index in [0.29, 0.717) is 5.92 Å². The van der Waals surface area contributed by atoms with Crippen LogP contribution in [0.1, 0.15) is 31.7 Å². The first-order valence-electron chi connectivity index (χ1n) is 13.2. The Labute approximate surface area is 221 Å². The molecule has 1 heterocycles. The van der Waals surface area contributed by atoms with E-state index in [1.54, 1.807) is 0 Å². The normalized spacial score (nSPS) is 12.6. The van der Waals surface area contributed by atoms with Gasteiger partial charge in [-0.3, -0.25) is 0 Å². The van der Waals surface area contributed by atoms with E-state index in [1.807, 2.05) is 11.3 Å². The monoisotopic (exact) mass is 492 g/mol. The van der Waals surface area contributed by atoms with Gasteiger partial charge in [-0.05, 0) is 73.8 Å². The fraction of sp³-hybridized carbons (Fsp3) is 0.111. The minimum atomic E-state index is 0.570. The summed E-state index contributed by atoms with van der Waals surface area (Å²) in [5, 5.41) is 8.00. The molecule has 6 aromatic carbocycles. The molecule has 1 unspecified atom stereocenters. The molecule has 0 bridgehead atoms. The summed E-state index contributed by atoms with van der Waals surface area (Å²) >= 11 is 1.89. The largest absolute Gasteiger partial charge is 0.135 e. The zero-order valence-electron chi connectivity index (χ0n) is 21.2. The van der Waals surface area contributed by atoms with Gasteiger partial charge in [0.05, 0.1) is 0 Å². The molecule has 37 heavy (non-hydrogen) atoms. The van der Waals surface area contributed by atoms with Gasteiger partial charge >= 0.3 is 0 Å². The zero-order chi connectivity index (χ0) is 24.9. The van der Waals surface area contributed by atoms with Crippen LogP contribution < -0.4 is 0 Å². The second-order valence-electron chi connectivity index (χ2n) is 10.1. The van der Waals surface area contributed by atoms with E-state index >= 15 is 0 Å². The molecule has 0 aliphatic carbocycles. The van der Waals surface area contributed by atoms with Crippen molar-refractivity contribution in [1.82, 2.24) is 0 Å². The van der Waals surface area contributed by atoms with E-state index in [9.17, 15) is 0 Å². The summed E-state index contributed by atoms with van der Waals surface area (Å²) < 4.78 is 2.71. The predicted molar refractivity (Wildman–Crippen MR) is 164 cm³/mol. The summed E-state index contributed by atoms with van der Waals surface area (Å²) in [6, 6.07) is 42.9. The third-order valence-electron chi connectivity index (χ3n) is 7.98. The van der Waals surface area contributed by atoms with Gasteiger partial charge in [0.25, 0.3) is 0 Å². The molecule has 0 spiro atoms. The lowest BCUT2D eigenvalue weighted by atomic mass is 9.89. The molecule has 0 N–H and O–H groups in total. The number of hydrogen-bond donors (Lipinski definition) is 0. The number of thiophene rings is 1. The molecular formula is C36H28S. The first kappa shape index (κ1) is 22.3. The summed E-state index contributed by atoms with van der Waals surface area (Å²) in [6.07, 6.45) is 1.16. The molecule has 0 nitrogen and oxygen atoms in total. The number of benzene rings is 6. The van der Waals surface area contributed by atoms with Gasteiger partial charge in [-0.15, -0.1) is 11.3 Å². The quantitative estimate of drug-likeness (QED) is 0.214. The summed E-state index contributed by atoms with van der Waals surface area (Å²) in [6.45, 7) is 4.58. The molecule has 1 atom stereocenters. The van der Waals surface area contributed by atoms with E-state index in [1.165, 1.54) is 69.5 Å². The minimum Gasteiger partial charge on any atom is -0.135 e. The first-order chi connectivity index (χ1) is 18.2. The molecule has 0 aliphatic heterocycles. The summed E-state index contributed by atoms with van der Waals surface area (Å²) in [4.78, 5) is 0. The van der Waals surface area contributed by atoms with Crippen LogP contribution in [0.4, 0.5) is 0 Å². The van der Waals surface area contributed by atoms with Crippen molar-refractivity contribution in [3.8, 4) is 22.3 Å². The minimum absolute atomic E-state index is 0.570. The van der Waals surface area contributed by atoms with Crippen LogP contribution in [0.2, 0.25) is 0 Å². The lowest BCUT2D eigenvalue weighted by Gasteiger charge is -2.15. The van der Waals surface area contributed by atoms with Crippen LogP contribution in [0.3, 0.4) is 0 Å². The van der Waals surface area contributed by atoms with Gasteiger partial charge < -0.3 is 0 Å². The van der Waals surface area contributed by atoms with Gasteiger partial charge in [-0.25, -0.2) is 0 Å². The topological polar surface area (TPSA) is 0 Å². The SMILES string of the molecule is CCC(C)c1ccc2cc(-c3ccc(-c4cccc5c4sc4ccccc45)cc3)c3ccccc3c2c1. The van der Waals surface area contributed by atoms with Crippen molar-refractivity contribution < 1.29 is 0 Å². The highest BCUT2D eigenvalue weighted by atomic mass is 32.1. The molecule has 7 rings (SSSR count). The Kier molecular flexibility index (Phi) is 5.34. The molecular weight excluding hydrogens is 464 g/mol. The molecule has 0 amide bonds. The Hall–Kier alpha value is -3.94. The van der Waals surface area contributed by atoms with Crippen LogP contribution in [-0.2, 0) is 0 Å². The van der Waals surface area contributed by atoms with Gasteiger partial charge in [-0.2, -0.15) is 0 Å². The van der Waals surface area contributed by atoms with Crippen molar-refractivity contribution in [2.45, 2.75) is 26.2 Å². The molecule has 0 fully saturated rings. The highest BCUT2D eigenvalue weighted by Crippen LogP contribution is 2.41. The zero-order valence-corrected chi connectivity index (χ0v) is 22.0. The molecule has 178 valence electrons. The van der Waals surface area contributed by atoms with E-state index < -0.39 is 0 Å². The number of rotatable bonds is 4. The van der Waals surface area contributed by atoms with Gasteiger partial charge in [0.1, 0.15) is 0 Å². The smallest absolute Gasteiger partial charge is 0.0433 e. The maximum Gasteiger partial charge on any atom is 0.0433 e. The Morgan fingerprint density at radius 1 is 0.568 bits per heavy atom. The lowest BCUT2D eigenvalue weighted by Crippen LogP contribution is -1.92. The summed E-state index contributed by atoms with van der Waals surface area (Å²) in [5.41, 5.74) is 6.56. The van der Waals surface area contributed by atoms with Crippen LogP contribution >= 0.6 is 11.3 Å². The van der Waals surface area contributed by atoms with Crippen LogP contribution in [0.5, 0.6) is 0 Å². The average molecular weight is 493 g/mol. The number of hydrogen-bond acceptors (Lipinski definition) is 1. The first-order valence-corrected chi connectivity index (χ1v) is 14.0. The van der Waals surface area contributed by atoms with Crippen molar-refractivity contribution in [3.63, 3.8) is 0 Å². The molecule has 1 aromatic heterocycles. The van der Waals surface area contributed by atoms with Gasteiger partial charge in [0, 0.05) is 20.2 Å². The Morgan fingerprint density at radius 2 is 1.24 bits per heavy atom. The molecule has 0 saturated carbocycles. The maximum atomic E-state index is 2.41. The fourth-order valence-electron chi connectivity index (χ4n) is 5.70. The second-order valence-corrected chi connectivity index (χ2v) is 11.2. The van der Waals surface area contributed by atoms with Crippen molar-refractivity contribution in [3.05, 3.63) is 121 Å². The molecule has 0 radical (unpaired) electrons. The van der Waals surface area contributed by atoms with Crippen LogP contribution in [0.15, 0.2) is 115 Å². The average Bonchev–Trinajstić information content (AvgIpc) is 3.35. The maximum absolute atomic E-state index is 2.41. The van der Waals surface area contributed by atoms with E-state index in [4.69, 9.17) is 0 Å². The van der Waals surface area contributed by atoms with Gasteiger partial charge in [-0.1, -0.05) is 117 Å². The molecule has 1 heteroatoms. The third-order valence-corrected chi connectivity index (χ3v) is 9.20.